The van der Waals surface area contributed by atoms with Gasteiger partial charge in [0.1, 0.15) is 11.4 Å². The molecule has 3 aromatic rings. The first-order chi connectivity index (χ1) is 13.9. The third kappa shape index (κ3) is 5.04. The van der Waals surface area contributed by atoms with Gasteiger partial charge in [0.15, 0.2) is 11.6 Å². The number of hydrogen-bond acceptors (Lipinski definition) is 3. The number of carboxylic acid groups (broad SMARTS) is 1. The maximum absolute atomic E-state index is 13.7. The average molecular weight is 395 g/mol. The molecule has 1 amide bonds. The van der Waals surface area contributed by atoms with Crippen LogP contribution in [-0.2, 0) is 4.79 Å². The van der Waals surface area contributed by atoms with Crippen LogP contribution in [0.25, 0.3) is 6.08 Å². The number of carbonyl (C=O) groups excluding carboxylic acids is 1. The van der Waals surface area contributed by atoms with E-state index in [2.05, 4.69) is 5.32 Å². The zero-order valence-electron chi connectivity index (χ0n) is 14.9. The van der Waals surface area contributed by atoms with E-state index in [4.69, 9.17) is 4.74 Å². The minimum atomic E-state index is -1.31. The first-order valence-corrected chi connectivity index (χ1v) is 8.47. The summed E-state index contributed by atoms with van der Waals surface area (Å²) in [5.74, 6) is -4.03. The van der Waals surface area contributed by atoms with Gasteiger partial charge in [0.05, 0.1) is 0 Å². The lowest BCUT2D eigenvalue weighted by atomic mass is 10.1. The number of benzene rings is 3. The molecule has 0 radical (unpaired) electrons. The number of nitrogens with one attached hydrogen (secondary N) is 1. The molecule has 0 saturated carbocycles. The van der Waals surface area contributed by atoms with E-state index < -0.39 is 23.5 Å². The lowest BCUT2D eigenvalue weighted by Crippen LogP contribution is -2.27. The van der Waals surface area contributed by atoms with E-state index in [1.165, 1.54) is 42.5 Å². The van der Waals surface area contributed by atoms with E-state index in [0.717, 1.165) is 6.07 Å². The zero-order valence-corrected chi connectivity index (χ0v) is 14.9. The topological polar surface area (TPSA) is 75.6 Å². The SMILES string of the molecule is O=C(O)/C(=C/c1ccc(Oc2cccc(F)c2F)cc1)NC(=O)c1ccccc1. The summed E-state index contributed by atoms with van der Waals surface area (Å²) in [6.07, 6.45) is 1.27. The molecule has 5 nitrogen and oxygen atoms in total. The summed E-state index contributed by atoms with van der Waals surface area (Å²) in [5.41, 5.74) is 0.465. The number of aliphatic carboxylic acids is 1. The summed E-state index contributed by atoms with van der Waals surface area (Å²) in [6.45, 7) is 0. The highest BCUT2D eigenvalue weighted by Crippen LogP contribution is 2.26. The van der Waals surface area contributed by atoms with Crippen LogP contribution in [0.5, 0.6) is 11.5 Å². The van der Waals surface area contributed by atoms with Crippen molar-refractivity contribution < 1.29 is 28.2 Å². The van der Waals surface area contributed by atoms with Crippen LogP contribution in [0.15, 0.2) is 78.5 Å². The van der Waals surface area contributed by atoms with Crippen LogP contribution in [0.2, 0.25) is 0 Å². The fourth-order valence-corrected chi connectivity index (χ4v) is 2.42. The van der Waals surface area contributed by atoms with Gasteiger partial charge in [-0.25, -0.2) is 9.18 Å². The van der Waals surface area contributed by atoms with Crippen molar-refractivity contribution in [1.82, 2.24) is 5.32 Å². The second-order valence-electron chi connectivity index (χ2n) is 5.91. The first kappa shape index (κ1) is 19.8. The van der Waals surface area contributed by atoms with Gasteiger partial charge in [-0.05, 0) is 48.0 Å². The Morgan fingerprint density at radius 1 is 0.897 bits per heavy atom. The summed E-state index contributed by atoms with van der Waals surface area (Å²) in [5, 5.41) is 11.7. The average Bonchev–Trinajstić information content (AvgIpc) is 2.72. The number of rotatable bonds is 6. The molecule has 146 valence electrons. The van der Waals surface area contributed by atoms with Crippen LogP contribution < -0.4 is 10.1 Å². The second kappa shape index (κ2) is 8.79. The Hall–Kier alpha value is -4.00. The molecule has 0 aliphatic heterocycles. The van der Waals surface area contributed by atoms with Gasteiger partial charge in [0.2, 0.25) is 5.82 Å². The monoisotopic (exact) mass is 395 g/mol. The molecule has 7 heteroatoms. The molecule has 0 fully saturated rings. The predicted octanol–water partition coefficient (Wildman–Crippen LogP) is 4.61. The quantitative estimate of drug-likeness (QED) is 0.598. The zero-order chi connectivity index (χ0) is 20.8. The number of amides is 1. The van der Waals surface area contributed by atoms with Crippen molar-refractivity contribution in [3.05, 3.63) is 101 Å². The molecule has 3 aromatic carbocycles. The second-order valence-corrected chi connectivity index (χ2v) is 5.91. The Bertz CT molecular complexity index is 1060. The van der Waals surface area contributed by atoms with E-state index in [1.807, 2.05) is 0 Å². The van der Waals surface area contributed by atoms with Gasteiger partial charge in [0.25, 0.3) is 5.91 Å². The van der Waals surface area contributed by atoms with Crippen molar-refractivity contribution in [3.8, 4) is 11.5 Å². The van der Waals surface area contributed by atoms with Crippen LogP contribution in [0, 0.1) is 11.6 Å². The molecule has 0 aliphatic rings. The molecule has 3 rings (SSSR count). The highest BCUT2D eigenvalue weighted by molar-refractivity contribution is 6.02. The smallest absolute Gasteiger partial charge is 0.352 e. The molecule has 0 aliphatic carbocycles. The molecule has 0 bridgehead atoms. The molecule has 0 spiro atoms. The highest BCUT2D eigenvalue weighted by atomic mass is 19.2. The Kier molecular flexibility index (Phi) is 5.99. The lowest BCUT2D eigenvalue weighted by Gasteiger charge is -2.08. The summed E-state index contributed by atoms with van der Waals surface area (Å²) < 4.78 is 32.2. The maximum Gasteiger partial charge on any atom is 0.352 e. The summed E-state index contributed by atoms with van der Waals surface area (Å²) >= 11 is 0. The fraction of sp³-hybridized carbons (Fsp3) is 0. The molecule has 0 heterocycles. The molecule has 0 atom stereocenters. The third-order valence-electron chi connectivity index (χ3n) is 3.85. The van der Waals surface area contributed by atoms with Crippen molar-refractivity contribution in [2.45, 2.75) is 0 Å². The van der Waals surface area contributed by atoms with Crippen molar-refractivity contribution in [1.29, 1.82) is 0 Å². The summed E-state index contributed by atoms with van der Waals surface area (Å²) in [7, 11) is 0. The minimum absolute atomic E-state index is 0.233. The van der Waals surface area contributed by atoms with Crippen LogP contribution in [0.4, 0.5) is 8.78 Å². The number of carbonyl (C=O) groups is 2. The Labute approximate surface area is 164 Å². The number of halogens is 2. The number of carboxylic acids is 1. The normalized spacial score (nSPS) is 11.0. The van der Waals surface area contributed by atoms with E-state index >= 15 is 0 Å². The molecule has 0 aromatic heterocycles. The molecule has 2 N–H and O–H groups in total. The third-order valence-corrected chi connectivity index (χ3v) is 3.85. The minimum Gasteiger partial charge on any atom is -0.477 e. The van der Waals surface area contributed by atoms with Gasteiger partial charge in [-0.15, -0.1) is 0 Å². The summed E-state index contributed by atoms with van der Waals surface area (Å²) in [6, 6.07) is 17.7. The van der Waals surface area contributed by atoms with E-state index in [9.17, 15) is 23.5 Å². The Morgan fingerprint density at radius 3 is 2.24 bits per heavy atom. The van der Waals surface area contributed by atoms with Gasteiger partial charge < -0.3 is 15.2 Å². The van der Waals surface area contributed by atoms with Crippen molar-refractivity contribution >= 4 is 18.0 Å². The molecule has 0 unspecified atom stereocenters. The number of hydrogen-bond donors (Lipinski definition) is 2. The highest BCUT2D eigenvalue weighted by Gasteiger charge is 2.13. The van der Waals surface area contributed by atoms with Gasteiger partial charge in [0, 0.05) is 5.56 Å². The Balaban J connectivity index is 1.76. The molecule has 29 heavy (non-hydrogen) atoms. The first-order valence-electron chi connectivity index (χ1n) is 8.47. The van der Waals surface area contributed by atoms with Crippen molar-refractivity contribution in [2.24, 2.45) is 0 Å². The maximum atomic E-state index is 13.7. The van der Waals surface area contributed by atoms with Crippen molar-refractivity contribution in [3.63, 3.8) is 0 Å². The van der Waals surface area contributed by atoms with Crippen LogP contribution >= 0.6 is 0 Å². The van der Waals surface area contributed by atoms with Crippen molar-refractivity contribution in [2.75, 3.05) is 0 Å². The van der Waals surface area contributed by atoms with Crippen LogP contribution in [0.1, 0.15) is 15.9 Å². The van der Waals surface area contributed by atoms with Gasteiger partial charge in [-0.3, -0.25) is 4.79 Å². The Morgan fingerprint density at radius 2 is 1.59 bits per heavy atom. The summed E-state index contributed by atoms with van der Waals surface area (Å²) in [4.78, 5) is 23.6. The van der Waals surface area contributed by atoms with Crippen LogP contribution in [-0.4, -0.2) is 17.0 Å². The molecule has 0 saturated heterocycles. The fourth-order valence-electron chi connectivity index (χ4n) is 2.42. The van der Waals surface area contributed by atoms with E-state index in [-0.39, 0.29) is 17.2 Å². The number of ether oxygens (including phenoxy) is 1. The van der Waals surface area contributed by atoms with Gasteiger partial charge in [-0.1, -0.05) is 36.4 Å². The van der Waals surface area contributed by atoms with E-state index in [0.29, 0.717) is 11.1 Å². The van der Waals surface area contributed by atoms with Crippen LogP contribution in [0.3, 0.4) is 0 Å². The van der Waals surface area contributed by atoms with Gasteiger partial charge >= 0.3 is 5.97 Å². The van der Waals surface area contributed by atoms with Gasteiger partial charge in [-0.2, -0.15) is 4.39 Å². The largest absolute Gasteiger partial charge is 0.477 e. The molecular formula is C22H15F2NO4. The lowest BCUT2D eigenvalue weighted by molar-refractivity contribution is -0.132. The molecular weight excluding hydrogens is 380 g/mol. The predicted molar refractivity (Wildman–Crippen MR) is 102 cm³/mol. The standard InChI is InChI=1S/C22H15F2NO4/c23-17-7-4-8-19(20(17)24)29-16-11-9-14(10-12-16)13-18(22(27)28)25-21(26)15-5-2-1-3-6-15/h1-13H,(H,25,26)(H,27,28)/b18-13-. The van der Waals surface area contributed by atoms with E-state index in [1.54, 1.807) is 30.3 Å².